The van der Waals surface area contributed by atoms with Crippen LogP contribution in [0, 0.1) is 11.8 Å². The molecule has 0 N–H and O–H groups in total. The van der Waals surface area contributed by atoms with Gasteiger partial charge in [0.2, 0.25) is 0 Å². The highest BCUT2D eigenvalue weighted by Gasteiger charge is 2.15. The van der Waals surface area contributed by atoms with Gasteiger partial charge in [-0.1, -0.05) is 45.6 Å². The lowest BCUT2D eigenvalue weighted by Crippen LogP contribution is -2.06. The van der Waals surface area contributed by atoms with Gasteiger partial charge < -0.3 is 0 Å². The zero-order valence-electron chi connectivity index (χ0n) is 7.59. The predicted octanol–water partition coefficient (Wildman–Crippen LogP) is 3.33. The van der Waals surface area contributed by atoms with E-state index in [1.54, 1.807) is 0 Å². The standard InChI is InChI=1S/C11H16/c1-8(2)10(4)11-7-5-6-9(11)3/h5-8,10H,3H2,1-2,4H3. The van der Waals surface area contributed by atoms with Crippen molar-refractivity contribution in [2.24, 2.45) is 11.8 Å². The van der Waals surface area contributed by atoms with E-state index in [1.807, 2.05) is 0 Å². The van der Waals surface area contributed by atoms with Crippen molar-refractivity contribution >= 4 is 0 Å². The van der Waals surface area contributed by atoms with Gasteiger partial charge in [-0.2, -0.15) is 0 Å². The maximum Gasteiger partial charge on any atom is -0.0162 e. The monoisotopic (exact) mass is 148 g/mol. The zero-order chi connectivity index (χ0) is 8.43. The Balaban J connectivity index is 2.70. The molecule has 1 aliphatic rings. The summed E-state index contributed by atoms with van der Waals surface area (Å²) in [6.45, 7) is 10.7. The molecule has 0 saturated carbocycles. The number of hydrogen-bond donors (Lipinski definition) is 0. The Morgan fingerprint density at radius 2 is 1.91 bits per heavy atom. The van der Waals surface area contributed by atoms with Crippen molar-refractivity contribution in [3.63, 3.8) is 0 Å². The van der Waals surface area contributed by atoms with Crippen molar-refractivity contribution in [3.8, 4) is 0 Å². The summed E-state index contributed by atoms with van der Waals surface area (Å²) in [5, 5.41) is 0. The fraction of sp³-hybridized carbons (Fsp3) is 0.455. The van der Waals surface area contributed by atoms with Gasteiger partial charge in [0.15, 0.2) is 0 Å². The van der Waals surface area contributed by atoms with E-state index >= 15 is 0 Å². The van der Waals surface area contributed by atoms with Crippen LogP contribution in [0.4, 0.5) is 0 Å². The van der Waals surface area contributed by atoms with E-state index in [9.17, 15) is 0 Å². The SMILES string of the molecule is C=C1C=CC=C1C(C)C(C)C. The Labute approximate surface area is 69.3 Å². The third kappa shape index (κ3) is 1.62. The summed E-state index contributed by atoms with van der Waals surface area (Å²) in [6.07, 6.45) is 6.33. The smallest absolute Gasteiger partial charge is 0.0162 e. The molecule has 0 aromatic heterocycles. The normalized spacial score (nSPS) is 19.3. The molecule has 0 aromatic carbocycles. The van der Waals surface area contributed by atoms with Gasteiger partial charge in [-0.3, -0.25) is 0 Å². The molecule has 0 heterocycles. The average Bonchev–Trinajstić information content (AvgIpc) is 2.33. The van der Waals surface area contributed by atoms with Crippen LogP contribution >= 0.6 is 0 Å². The van der Waals surface area contributed by atoms with Crippen molar-refractivity contribution in [2.45, 2.75) is 20.8 Å². The Morgan fingerprint density at radius 3 is 2.27 bits per heavy atom. The summed E-state index contributed by atoms with van der Waals surface area (Å²) >= 11 is 0. The molecular formula is C11H16. The van der Waals surface area contributed by atoms with Gasteiger partial charge in [-0.15, -0.1) is 0 Å². The van der Waals surface area contributed by atoms with Crippen LogP contribution in [0.3, 0.4) is 0 Å². The molecule has 0 aliphatic heterocycles. The highest BCUT2D eigenvalue weighted by Crippen LogP contribution is 2.28. The van der Waals surface area contributed by atoms with Crippen molar-refractivity contribution in [1.29, 1.82) is 0 Å². The zero-order valence-corrected chi connectivity index (χ0v) is 7.59. The molecule has 0 saturated heterocycles. The van der Waals surface area contributed by atoms with Crippen LogP contribution in [0.1, 0.15) is 20.8 Å². The number of allylic oxidation sites excluding steroid dienone is 5. The van der Waals surface area contributed by atoms with Crippen LogP contribution in [-0.4, -0.2) is 0 Å². The number of hydrogen-bond acceptors (Lipinski definition) is 0. The molecule has 0 amide bonds. The molecule has 0 bridgehead atoms. The summed E-state index contributed by atoms with van der Waals surface area (Å²) in [6, 6.07) is 0. The van der Waals surface area contributed by atoms with E-state index in [-0.39, 0.29) is 0 Å². The Morgan fingerprint density at radius 1 is 1.27 bits per heavy atom. The summed E-state index contributed by atoms with van der Waals surface area (Å²) in [4.78, 5) is 0. The van der Waals surface area contributed by atoms with E-state index in [0.29, 0.717) is 11.8 Å². The third-order valence-electron chi connectivity index (χ3n) is 2.43. The molecule has 60 valence electrons. The first kappa shape index (κ1) is 8.32. The first-order chi connectivity index (χ1) is 5.13. The van der Waals surface area contributed by atoms with Crippen molar-refractivity contribution in [2.75, 3.05) is 0 Å². The fourth-order valence-corrected chi connectivity index (χ4v) is 1.27. The van der Waals surface area contributed by atoms with E-state index < -0.39 is 0 Å². The molecule has 0 fully saturated rings. The molecular weight excluding hydrogens is 132 g/mol. The maximum atomic E-state index is 3.98. The molecule has 1 unspecified atom stereocenters. The quantitative estimate of drug-likeness (QED) is 0.563. The highest BCUT2D eigenvalue weighted by molar-refractivity contribution is 5.47. The van der Waals surface area contributed by atoms with Crippen LogP contribution in [0.15, 0.2) is 36.0 Å². The van der Waals surface area contributed by atoms with Gasteiger partial charge in [0.25, 0.3) is 0 Å². The molecule has 1 rings (SSSR count). The van der Waals surface area contributed by atoms with Gasteiger partial charge >= 0.3 is 0 Å². The van der Waals surface area contributed by atoms with Crippen LogP contribution in [0.2, 0.25) is 0 Å². The van der Waals surface area contributed by atoms with Crippen LogP contribution in [-0.2, 0) is 0 Å². The average molecular weight is 148 g/mol. The second-order valence-corrected chi connectivity index (χ2v) is 3.54. The molecule has 1 aliphatic carbocycles. The molecule has 0 aromatic rings. The van der Waals surface area contributed by atoms with Gasteiger partial charge in [0.05, 0.1) is 0 Å². The van der Waals surface area contributed by atoms with Crippen molar-refractivity contribution in [3.05, 3.63) is 36.0 Å². The van der Waals surface area contributed by atoms with Gasteiger partial charge in [-0.25, -0.2) is 0 Å². The second kappa shape index (κ2) is 3.08. The minimum Gasteiger partial charge on any atom is -0.0915 e. The van der Waals surface area contributed by atoms with E-state index in [2.05, 4.69) is 45.6 Å². The predicted molar refractivity (Wildman–Crippen MR) is 50.4 cm³/mol. The second-order valence-electron chi connectivity index (χ2n) is 3.54. The van der Waals surface area contributed by atoms with Gasteiger partial charge in [0.1, 0.15) is 0 Å². The summed E-state index contributed by atoms with van der Waals surface area (Å²) in [7, 11) is 0. The fourth-order valence-electron chi connectivity index (χ4n) is 1.27. The van der Waals surface area contributed by atoms with E-state index in [0.717, 1.165) is 0 Å². The Hall–Kier alpha value is -0.780. The molecule has 0 spiro atoms. The minimum absolute atomic E-state index is 0.637. The summed E-state index contributed by atoms with van der Waals surface area (Å²) in [5.41, 5.74) is 2.59. The lowest BCUT2D eigenvalue weighted by molar-refractivity contribution is 0.486. The van der Waals surface area contributed by atoms with Gasteiger partial charge in [-0.05, 0) is 23.0 Å². The maximum absolute atomic E-state index is 3.98. The largest absolute Gasteiger partial charge is 0.0915 e. The van der Waals surface area contributed by atoms with Crippen LogP contribution < -0.4 is 0 Å². The van der Waals surface area contributed by atoms with E-state index in [1.165, 1.54) is 11.1 Å². The Kier molecular flexibility index (Phi) is 2.33. The van der Waals surface area contributed by atoms with Gasteiger partial charge in [0, 0.05) is 0 Å². The van der Waals surface area contributed by atoms with E-state index in [4.69, 9.17) is 0 Å². The van der Waals surface area contributed by atoms with Crippen molar-refractivity contribution in [1.82, 2.24) is 0 Å². The van der Waals surface area contributed by atoms with Crippen LogP contribution in [0.5, 0.6) is 0 Å². The van der Waals surface area contributed by atoms with Crippen LogP contribution in [0.25, 0.3) is 0 Å². The van der Waals surface area contributed by atoms with Crippen molar-refractivity contribution < 1.29 is 0 Å². The molecule has 0 nitrogen and oxygen atoms in total. The topological polar surface area (TPSA) is 0 Å². The first-order valence-corrected chi connectivity index (χ1v) is 4.20. The summed E-state index contributed by atoms with van der Waals surface area (Å²) in [5.74, 6) is 1.34. The molecule has 0 radical (unpaired) electrons. The Bertz CT molecular complexity index is 216. The molecule has 0 heteroatoms. The lowest BCUT2D eigenvalue weighted by atomic mass is 9.88. The minimum atomic E-state index is 0.637. The summed E-state index contributed by atoms with van der Waals surface area (Å²) < 4.78 is 0. The third-order valence-corrected chi connectivity index (χ3v) is 2.43. The molecule has 11 heavy (non-hydrogen) atoms. The first-order valence-electron chi connectivity index (χ1n) is 4.20. The lowest BCUT2D eigenvalue weighted by Gasteiger charge is -2.17. The molecule has 1 atom stereocenters. The highest BCUT2D eigenvalue weighted by atomic mass is 14.2. The number of rotatable bonds is 2.